The van der Waals surface area contributed by atoms with E-state index in [2.05, 4.69) is 26.9 Å². The first-order valence-electron chi connectivity index (χ1n) is 10.5. The summed E-state index contributed by atoms with van der Waals surface area (Å²) in [5.74, 6) is 1.37. The molecule has 1 aromatic rings. The van der Waals surface area contributed by atoms with Crippen molar-refractivity contribution < 1.29 is 9.53 Å². The van der Waals surface area contributed by atoms with Gasteiger partial charge in [-0.3, -0.25) is 9.69 Å². The van der Waals surface area contributed by atoms with Gasteiger partial charge in [0.05, 0.1) is 5.60 Å². The number of anilines is 1. The fourth-order valence-corrected chi connectivity index (χ4v) is 4.91. The molecule has 1 atom stereocenters. The highest BCUT2D eigenvalue weighted by molar-refractivity contribution is 5.75. The topological polar surface area (TPSA) is 48.9 Å². The van der Waals surface area contributed by atoms with Gasteiger partial charge in [0.25, 0.3) is 0 Å². The Balaban J connectivity index is 1.31. The highest BCUT2D eigenvalue weighted by atomic mass is 16.5. The van der Waals surface area contributed by atoms with E-state index in [4.69, 9.17) is 4.74 Å². The number of hydrogen-bond donors (Lipinski definition) is 0. The van der Waals surface area contributed by atoms with Crippen LogP contribution in [0.3, 0.4) is 0 Å². The first-order valence-corrected chi connectivity index (χ1v) is 10.5. The van der Waals surface area contributed by atoms with Crippen molar-refractivity contribution in [2.45, 2.75) is 50.7 Å². The maximum Gasteiger partial charge on any atom is 0.222 e. The number of ether oxygens (including phenoxy) is 1. The van der Waals surface area contributed by atoms with Gasteiger partial charge in [-0.2, -0.15) is 0 Å². The van der Waals surface area contributed by atoms with Crippen molar-refractivity contribution in [1.29, 1.82) is 0 Å². The van der Waals surface area contributed by atoms with Gasteiger partial charge >= 0.3 is 0 Å². The van der Waals surface area contributed by atoms with E-state index in [1.807, 2.05) is 24.1 Å². The van der Waals surface area contributed by atoms with Crippen LogP contribution in [-0.2, 0) is 9.53 Å². The first-order chi connectivity index (χ1) is 13.2. The van der Waals surface area contributed by atoms with E-state index in [-0.39, 0.29) is 11.5 Å². The molecule has 0 bridgehead atoms. The Kier molecular flexibility index (Phi) is 5.64. The standard InChI is InChI=1S/C21H32N4O2/c1-2-20(26)25-10-7-21(8-11-25)17-18(6-16-27-21)23-12-14-24(15-13-23)19-5-3-4-9-22-19/h3-5,9,18H,2,6-8,10-17H2,1H3. The van der Waals surface area contributed by atoms with Gasteiger partial charge in [-0.1, -0.05) is 13.0 Å². The maximum atomic E-state index is 12.0. The van der Waals surface area contributed by atoms with Crippen LogP contribution >= 0.6 is 0 Å². The number of hydrogen-bond acceptors (Lipinski definition) is 5. The highest BCUT2D eigenvalue weighted by Crippen LogP contribution is 2.37. The molecular weight excluding hydrogens is 340 g/mol. The van der Waals surface area contributed by atoms with E-state index in [0.29, 0.717) is 12.5 Å². The van der Waals surface area contributed by atoms with Crippen LogP contribution in [0, 0.1) is 0 Å². The van der Waals surface area contributed by atoms with E-state index in [9.17, 15) is 4.79 Å². The molecule has 3 saturated heterocycles. The lowest BCUT2D eigenvalue weighted by molar-refractivity contribution is -0.149. The Hall–Kier alpha value is -1.66. The molecule has 0 N–H and O–H groups in total. The van der Waals surface area contributed by atoms with Crippen LogP contribution in [0.5, 0.6) is 0 Å². The molecule has 0 aliphatic carbocycles. The van der Waals surface area contributed by atoms with Crippen LogP contribution in [-0.4, -0.2) is 78.2 Å². The van der Waals surface area contributed by atoms with Gasteiger partial charge in [0.1, 0.15) is 5.82 Å². The SMILES string of the molecule is CCC(=O)N1CCC2(CC1)CC(N1CCN(c3ccccn3)CC1)CCO2. The highest BCUT2D eigenvalue weighted by Gasteiger charge is 2.42. The largest absolute Gasteiger partial charge is 0.375 e. The van der Waals surface area contributed by atoms with Gasteiger partial charge < -0.3 is 14.5 Å². The van der Waals surface area contributed by atoms with Gasteiger partial charge in [-0.15, -0.1) is 0 Å². The average molecular weight is 373 g/mol. The molecule has 0 aromatic carbocycles. The smallest absolute Gasteiger partial charge is 0.222 e. The number of pyridine rings is 1. The number of piperidine rings is 1. The predicted molar refractivity (Wildman–Crippen MR) is 106 cm³/mol. The normalized spacial score (nSPS) is 26.3. The molecule has 1 aromatic heterocycles. The second-order valence-electron chi connectivity index (χ2n) is 8.12. The second kappa shape index (κ2) is 8.15. The van der Waals surface area contributed by atoms with Crippen LogP contribution in [0.2, 0.25) is 0 Å². The quantitative estimate of drug-likeness (QED) is 0.814. The van der Waals surface area contributed by atoms with Crippen molar-refractivity contribution in [2.75, 3.05) is 50.8 Å². The number of carbonyl (C=O) groups excluding carboxylic acids is 1. The van der Waals surface area contributed by atoms with E-state index in [1.54, 1.807) is 0 Å². The molecule has 1 unspecified atom stereocenters. The molecule has 3 aliphatic rings. The number of aromatic nitrogens is 1. The number of carbonyl (C=O) groups is 1. The van der Waals surface area contributed by atoms with Crippen LogP contribution in [0.1, 0.15) is 39.0 Å². The lowest BCUT2D eigenvalue weighted by Gasteiger charge is -2.49. The van der Waals surface area contributed by atoms with Gasteiger partial charge in [0, 0.05) is 64.5 Å². The van der Waals surface area contributed by atoms with Gasteiger partial charge in [0.2, 0.25) is 5.91 Å². The third-order valence-corrected chi connectivity index (χ3v) is 6.60. The summed E-state index contributed by atoms with van der Waals surface area (Å²) < 4.78 is 6.29. The van der Waals surface area contributed by atoms with Crippen LogP contribution in [0.15, 0.2) is 24.4 Å². The number of rotatable bonds is 3. The summed E-state index contributed by atoms with van der Waals surface area (Å²) in [6.07, 6.45) is 6.70. The van der Waals surface area contributed by atoms with Crippen molar-refractivity contribution in [2.24, 2.45) is 0 Å². The Morgan fingerprint density at radius 3 is 2.63 bits per heavy atom. The molecule has 148 valence electrons. The van der Waals surface area contributed by atoms with Crippen molar-refractivity contribution in [3.8, 4) is 0 Å². The summed E-state index contributed by atoms with van der Waals surface area (Å²) in [4.78, 5) is 23.5. The Morgan fingerprint density at radius 1 is 1.19 bits per heavy atom. The molecule has 4 heterocycles. The number of amides is 1. The predicted octanol–water partition coefficient (Wildman–Crippen LogP) is 2.15. The molecule has 4 rings (SSSR count). The monoisotopic (exact) mass is 372 g/mol. The number of likely N-dealkylation sites (tertiary alicyclic amines) is 1. The fourth-order valence-electron chi connectivity index (χ4n) is 4.91. The third kappa shape index (κ3) is 4.11. The Morgan fingerprint density at radius 2 is 1.96 bits per heavy atom. The lowest BCUT2D eigenvalue weighted by Crippen LogP contribution is -2.57. The molecule has 6 heteroatoms. The van der Waals surface area contributed by atoms with E-state index < -0.39 is 0 Å². The third-order valence-electron chi connectivity index (χ3n) is 6.60. The molecule has 0 radical (unpaired) electrons. The lowest BCUT2D eigenvalue weighted by atomic mass is 9.81. The zero-order chi connectivity index (χ0) is 18.7. The second-order valence-corrected chi connectivity index (χ2v) is 8.12. The van der Waals surface area contributed by atoms with Crippen molar-refractivity contribution >= 4 is 11.7 Å². The van der Waals surface area contributed by atoms with E-state index in [1.165, 1.54) is 0 Å². The van der Waals surface area contributed by atoms with E-state index in [0.717, 1.165) is 77.4 Å². The number of piperazine rings is 1. The van der Waals surface area contributed by atoms with Crippen molar-refractivity contribution in [1.82, 2.24) is 14.8 Å². The van der Waals surface area contributed by atoms with Crippen LogP contribution in [0.25, 0.3) is 0 Å². The first kappa shape index (κ1) is 18.7. The summed E-state index contributed by atoms with van der Waals surface area (Å²) in [5.41, 5.74) is -0.00838. The van der Waals surface area contributed by atoms with Crippen LogP contribution in [0.4, 0.5) is 5.82 Å². The Bertz CT molecular complexity index is 622. The molecule has 1 spiro atoms. The number of nitrogens with zero attached hydrogens (tertiary/aromatic N) is 4. The summed E-state index contributed by atoms with van der Waals surface area (Å²) >= 11 is 0. The molecule has 27 heavy (non-hydrogen) atoms. The molecule has 3 aliphatic heterocycles. The van der Waals surface area contributed by atoms with Crippen LogP contribution < -0.4 is 4.90 Å². The summed E-state index contributed by atoms with van der Waals surface area (Å²) in [6, 6.07) is 6.75. The minimum Gasteiger partial charge on any atom is -0.375 e. The Labute approximate surface area is 162 Å². The minimum absolute atomic E-state index is 0.00838. The molecule has 1 amide bonds. The van der Waals surface area contributed by atoms with Crippen molar-refractivity contribution in [3.05, 3.63) is 24.4 Å². The molecule has 6 nitrogen and oxygen atoms in total. The molecular formula is C21H32N4O2. The average Bonchev–Trinajstić information content (AvgIpc) is 2.74. The zero-order valence-corrected chi connectivity index (χ0v) is 16.5. The summed E-state index contributed by atoms with van der Waals surface area (Å²) in [5, 5.41) is 0. The minimum atomic E-state index is -0.00838. The van der Waals surface area contributed by atoms with Gasteiger partial charge in [-0.05, 0) is 37.8 Å². The molecule has 0 saturated carbocycles. The molecule has 3 fully saturated rings. The zero-order valence-electron chi connectivity index (χ0n) is 16.5. The van der Waals surface area contributed by atoms with E-state index >= 15 is 0 Å². The summed E-state index contributed by atoms with van der Waals surface area (Å²) in [6.45, 7) is 8.78. The van der Waals surface area contributed by atoms with Gasteiger partial charge in [-0.25, -0.2) is 4.98 Å². The van der Waals surface area contributed by atoms with Crippen molar-refractivity contribution in [3.63, 3.8) is 0 Å². The maximum absolute atomic E-state index is 12.0. The fraction of sp³-hybridized carbons (Fsp3) is 0.714. The van der Waals surface area contributed by atoms with Gasteiger partial charge in [0.15, 0.2) is 0 Å². The summed E-state index contributed by atoms with van der Waals surface area (Å²) in [7, 11) is 0.